The van der Waals surface area contributed by atoms with Gasteiger partial charge in [-0.3, -0.25) is 9.78 Å². The van der Waals surface area contributed by atoms with E-state index >= 15 is 0 Å². The van der Waals surface area contributed by atoms with Gasteiger partial charge >= 0.3 is 12.1 Å². The number of carbonyl (C=O) groups excluding carboxylic acids is 1. The van der Waals surface area contributed by atoms with Crippen LogP contribution in [0.4, 0.5) is 4.79 Å². The minimum absolute atomic E-state index is 0.218. The summed E-state index contributed by atoms with van der Waals surface area (Å²) in [6.45, 7) is 7.05. The van der Waals surface area contributed by atoms with E-state index in [9.17, 15) is 9.59 Å². The Morgan fingerprint density at radius 3 is 2.60 bits per heavy atom. The zero-order valence-electron chi connectivity index (χ0n) is 12.1. The van der Waals surface area contributed by atoms with Gasteiger partial charge in [0.1, 0.15) is 5.60 Å². The number of hydrogen-bond donors (Lipinski definition) is 2. The third-order valence-corrected chi connectivity index (χ3v) is 2.51. The molecule has 0 bridgehead atoms. The van der Waals surface area contributed by atoms with Gasteiger partial charge in [-0.2, -0.15) is 0 Å². The first-order chi connectivity index (χ1) is 9.19. The summed E-state index contributed by atoms with van der Waals surface area (Å²) >= 11 is 0. The summed E-state index contributed by atoms with van der Waals surface area (Å²) in [6, 6.07) is 1.05. The smallest absolute Gasteiger partial charge is 0.408 e. The first-order valence-corrected chi connectivity index (χ1v) is 6.31. The molecule has 1 heterocycles. The number of ether oxygens (including phenoxy) is 1. The second-order valence-corrected chi connectivity index (χ2v) is 5.53. The monoisotopic (exact) mass is 280 g/mol. The van der Waals surface area contributed by atoms with E-state index in [4.69, 9.17) is 9.84 Å². The number of carboxylic acid groups (broad SMARTS) is 1. The van der Waals surface area contributed by atoms with Crippen LogP contribution in [0, 0.1) is 6.92 Å². The Hall–Kier alpha value is -2.11. The lowest BCUT2D eigenvalue weighted by Crippen LogP contribution is -2.36. The maximum absolute atomic E-state index is 11.8. The lowest BCUT2D eigenvalue weighted by molar-refractivity contribution is -0.137. The van der Waals surface area contributed by atoms with Gasteiger partial charge in [0.25, 0.3) is 0 Å². The van der Waals surface area contributed by atoms with E-state index in [1.54, 1.807) is 39.2 Å². The molecule has 0 aliphatic rings. The molecule has 2 N–H and O–H groups in total. The number of amides is 1. The molecule has 1 atom stereocenters. The van der Waals surface area contributed by atoms with Crippen molar-refractivity contribution in [1.29, 1.82) is 0 Å². The minimum Gasteiger partial charge on any atom is -0.481 e. The van der Waals surface area contributed by atoms with Crippen LogP contribution in [0.5, 0.6) is 0 Å². The molecule has 0 saturated carbocycles. The van der Waals surface area contributed by atoms with Crippen molar-refractivity contribution in [2.45, 2.75) is 45.8 Å². The van der Waals surface area contributed by atoms with Gasteiger partial charge in [0.15, 0.2) is 0 Å². The number of pyridine rings is 1. The number of rotatable bonds is 4. The predicted octanol–water partition coefficient (Wildman–Crippen LogP) is 2.43. The second kappa shape index (κ2) is 6.36. The highest BCUT2D eigenvalue weighted by atomic mass is 16.6. The highest BCUT2D eigenvalue weighted by Gasteiger charge is 2.23. The van der Waals surface area contributed by atoms with E-state index in [1.165, 1.54) is 0 Å². The minimum atomic E-state index is -0.998. The van der Waals surface area contributed by atoms with Gasteiger partial charge in [-0.25, -0.2) is 4.79 Å². The van der Waals surface area contributed by atoms with Crippen molar-refractivity contribution in [3.63, 3.8) is 0 Å². The van der Waals surface area contributed by atoms with Gasteiger partial charge in [0.2, 0.25) is 0 Å². The number of nitrogens with one attached hydrogen (secondary N) is 1. The molecular weight excluding hydrogens is 260 g/mol. The van der Waals surface area contributed by atoms with Crippen LogP contribution in [0.15, 0.2) is 18.5 Å². The van der Waals surface area contributed by atoms with Crippen LogP contribution in [0.1, 0.15) is 44.4 Å². The van der Waals surface area contributed by atoms with E-state index in [0.717, 1.165) is 5.56 Å². The highest BCUT2D eigenvalue weighted by Crippen LogP contribution is 2.20. The van der Waals surface area contributed by atoms with Crippen LogP contribution in [0.3, 0.4) is 0 Å². The average molecular weight is 280 g/mol. The van der Waals surface area contributed by atoms with E-state index in [-0.39, 0.29) is 6.42 Å². The number of hydrogen-bond acceptors (Lipinski definition) is 4. The van der Waals surface area contributed by atoms with Gasteiger partial charge in [-0.05, 0) is 44.9 Å². The predicted molar refractivity (Wildman–Crippen MR) is 73.3 cm³/mol. The zero-order valence-corrected chi connectivity index (χ0v) is 12.1. The fraction of sp³-hybridized carbons (Fsp3) is 0.500. The Morgan fingerprint density at radius 1 is 1.45 bits per heavy atom. The van der Waals surface area contributed by atoms with Crippen LogP contribution < -0.4 is 5.32 Å². The molecule has 6 nitrogen and oxygen atoms in total. The van der Waals surface area contributed by atoms with Gasteiger partial charge in [-0.15, -0.1) is 0 Å². The molecule has 1 amide bonds. The topological polar surface area (TPSA) is 88.5 Å². The maximum Gasteiger partial charge on any atom is 0.408 e. The Balaban J connectivity index is 2.88. The van der Waals surface area contributed by atoms with E-state index in [0.29, 0.717) is 5.56 Å². The number of alkyl carbamates (subject to hydrolysis) is 1. The Morgan fingerprint density at radius 2 is 2.10 bits per heavy atom. The molecule has 6 heteroatoms. The Kier molecular flexibility index (Phi) is 5.07. The third-order valence-electron chi connectivity index (χ3n) is 2.51. The first-order valence-electron chi connectivity index (χ1n) is 6.31. The molecule has 1 aromatic heterocycles. The summed E-state index contributed by atoms with van der Waals surface area (Å²) in [7, 11) is 0. The molecule has 0 unspecified atom stereocenters. The van der Waals surface area contributed by atoms with Crippen LogP contribution in [0.2, 0.25) is 0 Å². The van der Waals surface area contributed by atoms with Crippen molar-refractivity contribution in [2.24, 2.45) is 0 Å². The normalized spacial score (nSPS) is 12.6. The molecule has 1 aromatic rings. The zero-order chi connectivity index (χ0) is 15.3. The first kappa shape index (κ1) is 15.9. The largest absolute Gasteiger partial charge is 0.481 e. The van der Waals surface area contributed by atoms with Crippen molar-refractivity contribution in [3.05, 3.63) is 29.6 Å². The SMILES string of the molecule is Cc1cnccc1[C@H](CC(=O)O)NC(=O)OC(C)(C)C. The lowest BCUT2D eigenvalue weighted by Gasteiger charge is -2.23. The van der Waals surface area contributed by atoms with Crippen molar-refractivity contribution in [3.8, 4) is 0 Å². The number of aliphatic carboxylic acids is 1. The summed E-state index contributed by atoms with van der Waals surface area (Å²) in [5, 5.41) is 11.6. The van der Waals surface area contributed by atoms with Crippen molar-refractivity contribution < 1.29 is 19.4 Å². The van der Waals surface area contributed by atoms with E-state index in [1.807, 2.05) is 6.92 Å². The molecule has 0 aliphatic heterocycles. The van der Waals surface area contributed by atoms with E-state index in [2.05, 4.69) is 10.3 Å². The molecule has 0 aromatic carbocycles. The number of carboxylic acids is 1. The van der Waals surface area contributed by atoms with Crippen molar-refractivity contribution in [2.75, 3.05) is 0 Å². The molecule has 20 heavy (non-hydrogen) atoms. The molecule has 0 spiro atoms. The fourth-order valence-electron chi connectivity index (χ4n) is 1.74. The van der Waals surface area contributed by atoms with Gasteiger partial charge in [0.05, 0.1) is 12.5 Å². The summed E-state index contributed by atoms with van der Waals surface area (Å²) in [6.07, 6.45) is 2.33. The standard InChI is InChI=1S/C14H20N2O4/c1-9-8-15-6-5-10(9)11(7-12(17)18)16-13(19)20-14(2,3)4/h5-6,8,11H,7H2,1-4H3,(H,16,19)(H,17,18)/t11-/m0/s1. The summed E-state index contributed by atoms with van der Waals surface area (Å²) in [5.41, 5.74) is 0.897. The second-order valence-electron chi connectivity index (χ2n) is 5.53. The summed E-state index contributed by atoms with van der Waals surface area (Å²) in [4.78, 5) is 26.7. The van der Waals surface area contributed by atoms with Crippen LogP contribution in [-0.4, -0.2) is 27.8 Å². The Labute approximate surface area is 118 Å². The van der Waals surface area contributed by atoms with E-state index < -0.39 is 23.7 Å². The molecular formula is C14H20N2O4. The highest BCUT2D eigenvalue weighted by molar-refractivity contribution is 5.72. The quantitative estimate of drug-likeness (QED) is 0.884. The van der Waals surface area contributed by atoms with Crippen LogP contribution >= 0.6 is 0 Å². The Bertz CT molecular complexity index is 494. The fourth-order valence-corrected chi connectivity index (χ4v) is 1.74. The average Bonchev–Trinajstić information content (AvgIpc) is 2.25. The van der Waals surface area contributed by atoms with Gasteiger partial charge < -0.3 is 15.2 Å². The number of aryl methyl sites for hydroxylation is 1. The molecule has 0 saturated heterocycles. The molecule has 110 valence electrons. The summed E-state index contributed by atoms with van der Waals surface area (Å²) in [5.74, 6) is -0.998. The number of carbonyl (C=O) groups is 2. The number of aromatic nitrogens is 1. The van der Waals surface area contributed by atoms with Crippen LogP contribution in [0.25, 0.3) is 0 Å². The van der Waals surface area contributed by atoms with Crippen LogP contribution in [-0.2, 0) is 9.53 Å². The molecule has 0 aliphatic carbocycles. The lowest BCUT2D eigenvalue weighted by atomic mass is 10.0. The van der Waals surface area contributed by atoms with Gasteiger partial charge in [-0.1, -0.05) is 0 Å². The third kappa shape index (κ3) is 5.26. The number of nitrogens with zero attached hydrogens (tertiary/aromatic N) is 1. The summed E-state index contributed by atoms with van der Waals surface area (Å²) < 4.78 is 5.15. The molecule has 0 fully saturated rings. The molecule has 1 rings (SSSR count). The molecule has 0 radical (unpaired) electrons. The van der Waals surface area contributed by atoms with Crippen molar-refractivity contribution in [1.82, 2.24) is 10.3 Å². The van der Waals surface area contributed by atoms with Gasteiger partial charge in [0, 0.05) is 12.4 Å². The maximum atomic E-state index is 11.8. The van der Waals surface area contributed by atoms with Crippen molar-refractivity contribution >= 4 is 12.1 Å².